The van der Waals surface area contributed by atoms with Crippen molar-refractivity contribution in [2.45, 2.75) is 151 Å². The van der Waals surface area contributed by atoms with Crippen molar-refractivity contribution in [2.24, 2.45) is 16.2 Å². The van der Waals surface area contributed by atoms with Crippen LogP contribution in [0.3, 0.4) is 0 Å². The molecule has 0 aromatic heterocycles. The summed E-state index contributed by atoms with van der Waals surface area (Å²) in [6.07, 6.45) is 2.30. The summed E-state index contributed by atoms with van der Waals surface area (Å²) in [5.74, 6) is 0. The van der Waals surface area contributed by atoms with Gasteiger partial charge in [-0.3, -0.25) is 0 Å². The number of hydrogen-bond acceptors (Lipinski definition) is 0. The fraction of sp³-hybridized carbons (Fsp3) is 0.875. The van der Waals surface area contributed by atoms with Gasteiger partial charge < -0.3 is 0 Å². The van der Waals surface area contributed by atoms with Gasteiger partial charge in [-0.25, -0.2) is 0 Å². The van der Waals surface area contributed by atoms with E-state index in [2.05, 4.69) is 139 Å². The molecule has 0 amide bonds. The van der Waals surface area contributed by atoms with Gasteiger partial charge in [0.15, 0.2) is 0 Å². The maximum absolute atomic E-state index is 3.72. The molecule has 0 bridgehead atoms. The molecule has 0 aliphatic rings. The van der Waals surface area contributed by atoms with Crippen molar-refractivity contribution in [1.29, 1.82) is 0 Å². The summed E-state index contributed by atoms with van der Waals surface area (Å²) in [6, 6.07) is 0. The van der Waals surface area contributed by atoms with Crippen LogP contribution in [-0.2, 0) is 103 Å². The van der Waals surface area contributed by atoms with E-state index in [0.29, 0.717) is 16.2 Å². The minimum absolute atomic E-state index is 0. The predicted octanol–water partition coefficient (Wildman–Crippen LogP) is 9.08. The Labute approximate surface area is 423 Å². The van der Waals surface area contributed by atoms with Crippen molar-refractivity contribution in [3.63, 3.8) is 0 Å². The van der Waals surface area contributed by atoms with Crippen LogP contribution in [0.2, 0.25) is 40.8 Å². The van der Waals surface area contributed by atoms with E-state index in [1.165, 1.54) is 97.3 Å². The van der Waals surface area contributed by atoms with E-state index in [0.717, 1.165) is 10.8 Å². The van der Waals surface area contributed by atoms with Gasteiger partial charge in [0.25, 0.3) is 0 Å². The van der Waals surface area contributed by atoms with Crippen molar-refractivity contribution in [3.8, 4) is 0 Å². The molecule has 258 valence electrons. The zero-order valence-electron chi connectivity index (χ0n) is 32.5. The van der Waals surface area contributed by atoms with Crippen molar-refractivity contribution in [1.82, 2.24) is 0 Å². The molecule has 0 nitrogen and oxygen atoms in total. The summed E-state index contributed by atoms with van der Waals surface area (Å²) in [4.78, 5) is 6.98. The Morgan fingerprint density at radius 2 is 0.643 bits per heavy atom. The predicted molar refractivity (Wildman–Crippen MR) is 211 cm³/mol. The van der Waals surface area contributed by atoms with Gasteiger partial charge in [-0.15, -0.1) is 0 Å². The van der Waals surface area contributed by atoms with Crippen LogP contribution in [0, 0.1) is 43.9 Å². The molecular weight excluding hydrogens is 1290 g/mol. The second-order valence-corrected chi connectivity index (χ2v) is 29.2. The molecule has 4 radical (unpaired) electrons. The molecule has 42 heavy (non-hydrogen) atoms. The van der Waals surface area contributed by atoms with Crippen LogP contribution >= 0.6 is 0 Å². The first-order chi connectivity index (χ1) is 17.0. The van der Waals surface area contributed by atoms with Gasteiger partial charge in [-0.2, -0.15) is 0 Å². The molecule has 0 fully saturated rings. The zero-order valence-corrected chi connectivity index (χ0v) is 58.2. The first-order valence-corrected chi connectivity index (χ1v) is 35.8. The molecule has 0 unspecified atom stereocenters. The quantitative estimate of drug-likeness (QED) is 0.191. The van der Waals surface area contributed by atoms with E-state index in [1.54, 1.807) is 0 Å². The minimum Gasteiger partial charge on any atom is 0 e. The smallest absolute Gasteiger partial charge is 0 e. The van der Waals surface area contributed by atoms with Crippen molar-refractivity contribution >= 4 is 134 Å². The monoisotopic (exact) mass is 1370 g/mol. The molecule has 0 heterocycles. The molecule has 0 N–H and O–H groups in total. The van der Waals surface area contributed by atoms with E-state index in [1.807, 2.05) is 0 Å². The normalized spacial score (nSPS) is 8.29. The minimum atomic E-state index is 0. The number of rotatable bonds is 5. The van der Waals surface area contributed by atoms with E-state index in [-0.39, 0.29) is 168 Å². The SMILES string of the molecule is CC(C)(C)C.CC(C)(C)C.CC(C)(C)C.C[CH2][SbH2].C[CH2][SbH][CH3].[CH2-]C[CH2][SbH2].[CH2-]C[CH2][SbH][CH3].[CH2-][CH2][SbH2].[CH2-][CH2][SbH][CH3].[Sc].[Sc].[Sc].[Sc]. The van der Waals surface area contributed by atoms with E-state index < -0.39 is 0 Å². The molecule has 0 aromatic rings. The van der Waals surface area contributed by atoms with Gasteiger partial charge in [0.05, 0.1) is 0 Å². The summed E-state index contributed by atoms with van der Waals surface area (Å²) in [5, 5.41) is 0. The van der Waals surface area contributed by atoms with Crippen molar-refractivity contribution in [3.05, 3.63) is 27.7 Å². The Bertz CT molecular complexity index is 230. The summed E-state index contributed by atoms with van der Waals surface area (Å²) in [6.45, 7) is 45.3. The second kappa shape index (κ2) is 82.7. The topological polar surface area (TPSA) is 0 Å². The Hall–Kier alpha value is 8.39. The molecule has 0 aliphatic heterocycles. The Balaban J connectivity index is -0.0000000203. The van der Waals surface area contributed by atoms with Gasteiger partial charge in [0, 0.05) is 103 Å². The second-order valence-electron chi connectivity index (χ2n) is 12.6. The molecular formula is C32H84Sb6Sc4-4. The van der Waals surface area contributed by atoms with E-state index >= 15 is 0 Å². The summed E-state index contributed by atoms with van der Waals surface area (Å²) in [5.41, 5.74) is 1.50. The van der Waals surface area contributed by atoms with Gasteiger partial charge in [-0.1, -0.05) is 83.1 Å². The molecule has 0 saturated carbocycles. The third-order valence-corrected chi connectivity index (χ3v) is 8.28. The fourth-order valence-corrected chi connectivity index (χ4v) is 1.19. The van der Waals surface area contributed by atoms with Crippen molar-refractivity contribution in [2.75, 3.05) is 0 Å². The number of hydrogen-bond donors (Lipinski definition) is 0. The molecule has 10 heteroatoms. The molecule has 0 aromatic carbocycles. The average molecular weight is 1380 g/mol. The Morgan fingerprint density at radius 3 is 0.643 bits per heavy atom. The largest absolute Gasteiger partial charge is 0 e. The fourth-order valence-electron chi connectivity index (χ4n) is 0.177. The van der Waals surface area contributed by atoms with Gasteiger partial charge in [-0.05, 0) is 16.2 Å². The van der Waals surface area contributed by atoms with E-state index in [4.69, 9.17) is 0 Å². The van der Waals surface area contributed by atoms with Gasteiger partial charge in [0.1, 0.15) is 0 Å². The average Bonchev–Trinajstić information content (AvgIpc) is 2.72. The van der Waals surface area contributed by atoms with Crippen LogP contribution in [0.5, 0.6) is 0 Å². The molecule has 0 saturated heterocycles. The summed E-state index contributed by atoms with van der Waals surface area (Å²) < 4.78 is 8.02. The van der Waals surface area contributed by atoms with Crippen LogP contribution in [-0.4, -0.2) is 134 Å². The maximum atomic E-state index is 3.72. The van der Waals surface area contributed by atoms with Crippen LogP contribution in [0.4, 0.5) is 0 Å². The van der Waals surface area contributed by atoms with Gasteiger partial charge in [0.2, 0.25) is 0 Å². The zero-order chi connectivity index (χ0) is 33.3. The van der Waals surface area contributed by atoms with Crippen LogP contribution in [0.25, 0.3) is 0 Å². The third-order valence-electron chi connectivity index (χ3n) is 1.23. The molecule has 0 rings (SSSR count). The van der Waals surface area contributed by atoms with E-state index in [9.17, 15) is 0 Å². The first kappa shape index (κ1) is 87.9. The van der Waals surface area contributed by atoms with Crippen LogP contribution < -0.4 is 0 Å². The maximum Gasteiger partial charge on any atom is 0 e. The van der Waals surface area contributed by atoms with Crippen LogP contribution in [0.1, 0.15) is 110 Å². The van der Waals surface area contributed by atoms with Crippen LogP contribution in [0.15, 0.2) is 0 Å². The van der Waals surface area contributed by atoms with Crippen molar-refractivity contribution < 1.29 is 103 Å². The molecule has 0 aliphatic carbocycles. The molecule has 0 spiro atoms. The third kappa shape index (κ3) is 606. The first-order valence-electron chi connectivity index (χ1n) is 14.2. The Kier molecular flexibility index (Phi) is 173. The summed E-state index contributed by atoms with van der Waals surface area (Å²) in [7, 11) is 0. The Morgan fingerprint density at radius 1 is 0.500 bits per heavy atom. The standard InChI is InChI=1S/3C5H12.2C3H6.2C2H5.2C2H4.3CH3.6Sb.4Sc.9H/c3*1-5(2,3)4;2*1-3-2;4*1-2;;;;;;;;;;;;;;;;;;;;;;/h3*1-4H3;2*1-3H2;2*1H2,2H3;2*1-2H2;3*1H3;;;;;;;;;;;;;;;;;;;/q;;;2*-1;;;2*-1;;;;;;;;;;;;;;;;;;;;;;. The summed E-state index contributed by atoms with van der Waals surface area (Å²) >= 11 is 4.58. The molecule has 0 atom stereocenters. The van der Waals surface area contributed by atoms with Gasteiger partial charge >= 0.3 is 229 Å².